The molecule has 0 radical (unpaired) electrons. The van der Waals surface area contributed by atoms with Gasteiger partial charge in [0.25, 0.3) is 0 Å². The minimum atomic E-state index is -0.0338. The third-order valence-electron chi connectivity index (χ3n) is 3.77. The van der Waals surface area contributed by atoms with Gasteiger partial charge in [-0.05, 0) is 12.1 Å². The van der Waals surface area contributed by atoms with Crippen molar-refractivity contribution in [3.63, 3.8) is 0 Å². The van der Waals surface area contributed by atoms with E-state index in [1.165, 1.54) is 0 Å². The highest BCUT2D eigenvalue weighted by Crippen LogP contribution is 2.29. The van der Waals surface area contributed by atoms with Crippen molar-refractivity contribution >= 4 is 22.4 Å². The van der Waals surface area contributed by atoms with Crippen molar-refractivity contribution in [2.45, 2.75) is 0 Å². The van der Waals surface area contributed by atoms with E-state index in [0.29, 0.717) is 18.9 Å². The Morgan fingerprint density at radius 2 is 1.68 bits per heavy atom. The number of imidazole rings is 1. The molecular weight excluding hydrogens is 244 g/mol. The number of anilines is 2. The van der Waals surface area contributed by atoms with Crippen molar-refractivity contribution in [3.8, 4) is 0 Å². The van der Waals surface area contributed by atoms with Crippen molar-refractivity contribution < 1.29 is 4.74 Å². The van der Waals surface area contributed by atoms with E-state index in [1.807, 2.05) is 12.1 Å². The third kappa shape index (κ3) is 1.79. The summed E-state index contributed by atoms with van der Waals surface area (Å²) in [6.45, 7) is 3.09. The molecule has 1 aliphatic heterocycles. The maximum absolute atomic E-state index is 11.9. The van der Waals surface area contributed by atoms with Crippen LogP contribution in [-0.2, 0) is 18.8 Å². The van der Waals surface area contributed by atoms with E-state index >= 15 is 0 Å². The van der Waals surface area contributed by atoms with E-state index in [4.69, 9.17) is 10.5 Å². The Balaban J connectivity index is 2.18. The lowest BCUT2D eigenvalue weighted by Crippen LogP contribution is -2.36. The number of aryl methyl sites for hydroxylation is 2. The fraction of sp³-hybridized carbons (Fsp3) is 0.462. The number of nitrogen functional groups attached to an aromatic ring is 1. The van der Waals surface area contributed by atoms with Crippen LogP contribution in [-0.4, -0.2) is 35.4 Å². The standard InChI is InChI=1S/C13H18N4O2/c1-15-11-7-9(14)10(17-3-5-19-6-4-17)8-12(11)16(2)13(15)18/h7-8H,3-6,14H2,1-2H3. The van der Waals surface area contributed by atoms with Crippen molar-refractivity contribution in [1.82, 2.24) is 9.13 Å². The predicted molar refractivity (Wildman–Crippen MR) is 75.6 cm³/mol. The van der Waals surface area contributed by atoms with Crippen molar-refractivity contribution in [3.05, 3.63) is 22.6 Å². The van der Waals surface area contributed by atoms with Crippen LogP contribution in [0.2, 0.25) is 0 Å². The summed E-state index contributed by atoms with van der Waals surface area (Å²) in [6.07, 6.45) is 0. The number of rotatable bonds is 1. The number of hydrogen-bond acceptors (Lipinski definition) is 4. The summed E-state index contributed by atoms with van der Waals surface area (Å²) in [5.41, 5.74) is 9.56. The molecule has 0 amide bonds. The van der Waals surface area contributed by atoms with Crippen LogP contribution in [0.5, 0.6) is 0 Å². The van der Waals surface area contributed by atoms with Gasteiger partial charge < -0.3 is 15.4 Å². The molecule has 0 saturated carbocycles. The van der Waals surface area contributed by atoms with Gasteiger partial charge in [-0.15, -0.1) is 0 Å². The van der Waals surface area contributed by atoms with Crippen LogP contribution in [0.3, 0.4) is 0 Å². The van der Waals surface area contributed by atoms with E-state index in [9.17, 15) is 4.79 Å². The number of ether oxygens (including phenoxy) is 1. The van der Waals surface area contributed by atoms with E-state index in [1.54, 1.807) is 23.2 Å². The lowest BCUT2D eigenvalue weighted by atomic mass is 10.2. The number of nitrogens with zero attached hydrogens (tertiary/aromatic N) is 3. The van der Waals surface area contributed by atoms with Gasteiger partial charge in [-0.2, -0.15) is 0 Å². The minimum absolute atomic E-state index is 0.0338. The van der Waals surface area contributed by atoms with Gasteiger partial charge in [-0.25, -0.2) is 4.79 Å². The van der Waals surface area contributed by atoms with Gasteiger partial charge in [-0.1, -0.05) is 0 Å². The number of aromatic nitrogens is 2. The normalized spacial score (nSPS) is 16.2. The number of fused-ring (bicyclic) bond motifs is 1. The SMILES string of the molecule is Cn1c(=O)n(C)c2cc(N3CCOCC3)c(N)cc21. The highest BCUT2D eigenvalue weighted by atomic mass is 16.5. The molecule has 6 heteroatoms. The first kappa shape index (κ1) is 12.1. The van der Waals surface area contributed by atoms with E-state index in [0.717, 1.165) is 29.8 Å². The lowest BCUT2D eigenvalue weighted by molar-refractivity contribution is 0.123. The monoisotopic (exact) mass is 262 g/mol. The summed E-state index contributed by atoms with van der Waals surface area (Å²) < 4.78 is 8.63. The van der Waals surface area contributed by atoms with Gasteiger partial charge in [0, 0.05) is 27.2 Å². The van der Waals surface area contributed by atoms with Gasteiger partial charge >= 0.3 is 5.69 Å². The largest absolute Gasteiger partial charge is 0.397 e. The summed E-state index contributed by atoms with van der Waals surface area (Å²) in [6, 6.07) is 3.87. The first-order valence-corrected chi connectivity index (χ1v) is 6.37. The summed E-state index contributed by atoms with van der Waals surface area (Å²) in [5.74, 6) is 0. The first-order chi connectivity index (χ1) is 9.09. The zero-order chi connectivity index (χ0) is 13.6. The Kier molecular flexibility index (Phi) is 2.74. The maximum Gasteiger partial charge on any atom is 0.328 e. The Labute approximate surface area is 111 Å². The molecule has 6 nitrogen and oxygen atoms in total. The van der Waals surface area contributed by atoms with Crippen LogP contribution < -0.4 is 16.3 Å². The Bertz CT molecular complexity index is 680. The quantitative estimate of drug-likeness (QED) is 0.751. The van der Waals surface area contributed by atoms with Crippen LogP contribution in [0.15, 0.2) is 16.9 Å². The Hall–Kier alpha value is -1.95. The fourth-order valence-corrected chi connectivity index (χ4v) is 2.63. The van der Waals surface area contributed by atoms with Crippen molar-refractivity contribution in [2.75, 3.05) is 36.9 Å². The molecule has 1 saturated heterocycles. The predicted octanol–water partition coefficient (Wildman–Crippen LogP) is 0.296. The number of benzene rings is 1. The van der Waals surface area contributed by atoms with Gasteiger partial charge in [0.05, 0.1) is 35.6 Å². The number of hydrogen-bond donors (Lipinski definition) is 1. The second-order valence-corrected chi connectivity index (χ2v) is 4.90. The Morgan fingerprint density at radius 1 is 1.11 bits per heavy atom. The molecule has 0 bridgehead atoms. The van der Waals surface area contributed by atoms with Gasteiger partial charge in [0.2, 0.25) is 0 Å². The van der Waals surface area contributed by atoms with Crippen molar-refractivity contribution in [1.29, 1.82) is 0 Å². The highest BCUT2D eigenvalue weighted by molar-refractivity contribution is 5.87. The molecule has 0 aliphatic carbocycles. The molecule has 0 atom stereocenters. The summed E-state index contributed by atoms with van der Waals surface area (Å²) in [5, 5.41) is 0. The highest BCUT2D eigenvalue weighted by Gasteiger charge is 2.17. The van der Waals surface area contributed by atoms with Crippen LogP contribution in [0.4, 0.5) is 11.4 Å². The van der Waals surface area contributed by atoms with Gasteiger partial charge in [0.1, 0.15) is 0 Å². The van der Waals surface area contributed by atoms with Gasteiger partial charge in [-0.3, -0.25) is 9.13 Å². The summed E-state index contributed by atoms with van der Waals surface area (Å²) in [7, 11) is 3.54. The summed E-state index contributed by atoms with van der Waals surface area (Å²) >= 11 is 0. The van der Waals surface area contributed by atoms with E-state index < -0.39 is 0 Å². The molecule has 1 aromatic heterocycles. The molecule has 1 aromatic carbocycles. The van der Waals surface area contributed by atoms with E-state index in [-0.39, 0.29) is 5.69 Å². The molecule has 2 aromatic rings. The molecular formula is C13H18N4O2. The van der Waals surface area contributed by atoms with Crippen LogP contribution in [0, 0.1) is 0 Å². The minimum Gasteiger partial charge on any atom is -0.397 e. The smallest absolute Gasteiger partial charge is 0.328 e. The van der Waals surface area contributed by atoms with Crippen LogP contribution in [0.25, 0.3) is 11.0 Å². The molecule has 3 rings (SSSR count). The zero-order valence-electron chi connectivity index (χ0n) is 11.2. The lowest BCUT2D eigenvalue weighted by Gasteiger charge is -2.29. The molecule has 19 heavy (non-hydrogen) atoms. The average molecular weight is 262 g/mol. The molecule has 0 spiro atoms. The molecule has 2 N–H and O–H groups in total. The fourth-order valence-electron chi connectivity index (χ4n) is 2.63. The molecule has 1 aliphatic rings. The third-order valence-corrected chi connectivity index (χ3v) is 3.77. The molecule has 1 fully saturated rings. The van der Waals surface area contributed by atoms with Crippen LogP contribution >= 0.6 is 0 Å². The number of morpholine rings is 1. The number of nitrogens with two attached hydrogens (primary N) is 1. The van der Waals surface area contributed by atoms with Crippen LogP contribution in [0.1, 0.15) is 0 Å². The van der Waals surface area contributed by atoms with Gasteiger partial charge in [0.15, 0.2) is 0 Å². The Morgan fingerprint density at radius 3 is 2.32 bits per heavy atom. The topological polar surface area (TPSA) is 65.4 Å². The first-order valence-electron chi connectivity index (χ1n) is 6.37. The second-order valence-electron chi connectivity index (χ2n) is 4.90. The maximum atomic E-state index is 11.9. The summed E-state index contributed by atoms with van der Waals surface area (Å²) in [4.78, 5) is 14.1. The molecule has 102 valence electrons. The van der Waals surface area contributed by atoms with E-state index in [2.05, 4.69) is 4.90 Å². The second kappa shape index (κ2) is 4.31. The van der Waals surface area contributed by atoms with Crippen molar-refractivity contribution in [2.24, 2.45) is 14.1 Å². The zero-order valence-corrected chi connectivity index (χ0v) is 11.2. The molecule has 2 heterocycles. The molecule has 0 unspecified atom stereocenters. The average Bonchev–Trinajstić information content (AvgIpc) is 2.64.